The molecule has 1 amide bonds. The van der Waals surface area contributed by atoms with Crippen molar-refractivity contribution in [2.24, 2.45) is 4.99 Å². The summed E-state index contributed by atoms with van der Waals surface area (Å²) in [6.45, 7) is 5.40. The van der Waals surface area contributed by atoms with Gasteiger partial charge >= 0.3 is 0 Å². The summed E-state index contributed by atoms with van der Waals surface area (Å²) in [4.78, 5) is 27.1. The summed E-state index contributed by atoms with van der Waals surface area (Å²) in [5.74, 6) is 1.41. The molecule has 1 saturated heterocycles. The van der Waals surface area contributed by atoms with Crippen LogP contribution in [-0.4, -0.2) is 60.6 Å². The number of pyridine rings is 2. The van der Waals surface area contributed by atoms with Crippen LogP contribution in [0.5, 0.6) is 0 Å². The zero-order chi connectivity index (χ0) is 20.5. The van der Waals surface area contributed by atoms with Crippen molar-refractivity contribution in [2.45, 2.75) is 19.4 Å². The molecule has 8 nitrogen and oxygen atoms in total. The molecule has 2 aromatic heterocycles. The topological polar surface area (TPSA) is 94.5 Å². The van der Waals surface area contributed by atoms with Crippen molar-refractivity contribution >= 4 is 29.3 Å². The highest BCUT2D eigenvalue weighted by atomic mass is 35.5. The zero-order valence-electron chi connectivity index (χ0n) is 16.4. The maximum absolute atomic E-state index is 12.0. The Labute approximate surface area is 175 Å². The van der Waals surface area contributed by atoms with Crippen LogP contribution in [0, 0.1) is 0 Å². The Morgan fingerprint density at radius 3 is 2.93 bits per heavy atom. The number of nitrogens with one attached hydrogen (secondary N) is 3. The van der Waals surface area contributed by atoms with Crippen molar-refractivity contribution in [3.05, 3.63) is 53.4 Å². The van der Waals surface area contributed by atoms with Crippen LogP contribution in [-0.2, 0) is 0 Å². The highest BCUT2D eigenvalue weighted by molar-refractivity contribution is 6.32. The molecule has 0 radical (unpaired) electrons. The summed E-state index contributed by atoms with van der Waals surface area (Å²) in [6, 6.07) is 7.41. The molecule has 29 heavy (non-hydrogen) atoms. The molecule has 0 spiro atoms. The number of aliphatic imine (C=N–C) groups is 1. The van der Waals surface area contributed by atoms with Gasteiger partial charge in [-0.1, -0.05) is 11.6 Å². The molecule has 1 fully saturated rings. The quantitative estimate of drug-likeness (QED) is 0.362. The number of nitrogens with zero attached hydrogens (tertiary/aromatic N) is 4. The molecule has 3 heterocycles. The molecule has 1 atom stereocenters. The van der Waals surface area contributed by atoms with Crippen molar-refractivity contribution < 1.29 is 4.79 Å². The number of aromatic nitrogens is 2. The number of hydrogen-bond acceptors (Lipinski definition) is 5. The van der Waals surface area contributed by atoms with E-state index in [1.165, 1.54) is 0 Å². The first-order valence-electron chi connectivity index (χ1n) is 9.76. The molecule has 1 aliphatic heterocycles. The number of carbonyl (C=O) groups is 1. The van der Waals surface area contributed by atoms with E-state index in [1.807, 2.05) is 19.1 Å². The largest absolute Gasteiger partial charge is 0.357 e. The van der Waals surface area contributed by atoms with Gasteiger partial charge in [0.05, 0.1) is 17.1 Å². The van der Waals surface area contributed by atoms with Gasteiger partial charge in [-0.3, -0.25) is 14.8 Å². The standard InChI is InChI=1S/C20H26ClN7O/c1-2-23-20(26-11-10-25-19(29)15-5-3-8-22-13-15)27-16-7-12-28(14-16)18-17(21)6-4-9-24-18/h3-6,8-9,13,16H,2,7,10-12,14H2,1H3,(H,25,29)(H2,23,26,27). The summed E-state index contributed by atoms with van der Waals surface area (Å²) >= 11 is 6.26. The maximum Gasteiger partial charge on any atom is 0.252 e. The van der Waals surface area contributed by atoms with Gasteiger partial charge in [0.2, 0.25) is 0 Å². The minimum atomic E-state index is -0.148. The van der Waals surface area contributed by atoms with E-state index in [-0.39, 0.29) is 11.9 Å². The van der Waals surface area contributed by atoms with Gasteiger partial charge in [0.25, 0.3) is 5.91 Å². The molecule has 154 valence electrons. The lowest BCUT2D eigenvalue weighted by Gasteiger charge is -2.20. The molecule has 3 rings (SSSR count). The van der Waals surface area contributed by atoms with Gasteiger partial charge in [-0.2, -0.15) is 0 Å². The highest BCUT2D eigenvalue weighted by Crippen LogP contribution is 2.25. The Morgan fingerprint density at radius 1 is 1.31 bits per heavy atom. The lowest BCUT2D eigenvalue weighted by atomic mass is 10.3. The van der Waals surface area contributed by atoms with Gasteiger partial charge in [-0.05, 0) is 37.6 Å². The van der Waals surface area contributed by atoms with Crippen LogP contribution >= 0.6 is 11.6 Å². The fraction of sp³-hybridized carbons (Fsp3) is 0.400. The number of rotatable bonds is 7. The third kappa shape index (κ3) is 6.05. The number of carbonyl (C=O) groups excluding carboxylic acids is 1. The SMILES string of the molecule is CCNC(=NCCNC(=O)c1cccnc1)NC1CCN(c2ncccc2Cl)C1. The van der Waals surface area contributed by atoms with Crippen LogP contribution in [0.15, 0.2) is 47.8 Å². The Hall–Kier alpha value is -2.87. The smallest absolute Gasteiger partial charge is 0.252 e. The van der Waals surface area contributed by atoms with Crippen LogP contribution in [0.4, 0.5) is 5.82 Å². The molecule has 9 heteroatoms. The first kappa shape index (κ1) is 20.9. The fourth-order valence-corrected chi connectivity index (χ4v) is 3.37. The van der Waals surface area contributed by atoms with Crippen molar-refractivity contribution in [1.29, 1.82) is 0 Å². The minimum absolute atomic E-state index is 0.148. The number of guanidine groups is 1. The van der Waals surface area contributed by atoms with Crippen LogP contribution < -0.4 is 20.9 Å². The second-order valence-electron chi connectivity index (χ2n) is 6.64. The van der Waals surface area contributed by atoms with Crippen molar-refractivity contribution in [3.8, 4) is 0 Å². The van der Waals surface area contributed by atoms with Crippen molar-refractivity contribution in [2.75, 3.05) is 37.6 Å². The second-order valence-corrected chi connectivity index (χ2v) is 7.05. The van der Waals surface area contributed by atoms with Gasteiger partial charge in [-0.15, -0.1) is 0 Å². The number of hydrogen-bond donors (Lipinski definition) is 3. The van der Waals surface area contributed by atoms with Crippen LogP contribution in [0.1, 0.15) is 23.7 Å². The van der Waals surface area contributed by atoms with E-state index in [0.29, 0.717) is 23.7 Å². The Bertz CT molecular complexity index is 831. The Morgan fingerprint density at radius 2 is 2.17 bits per heavy atom. The molecule has 2 aromatic rings. The monoisotopic (exact) mass is 415 g/mol. The first-order valence-corrected chi connectivity index (χ1v) is 10.1. The van der Waals surface area contributed by atoms with Crippen molar-refractivity contribution in [3.63, 3.8) is 0 Å². The number of amides is 1. The van der Waals surface area contributed by atoms with Gasteiger partial charge in [0.1, 0.15) is 5.82 Å². The van der Waals surface area contributed by atoms with E-state index in [1.54, 1.807) is 30.7 Å². The number of anilines is 1. The van der Waals surface area contributed by atoms with E-state index in [9.17, 15) is 4.79 Å². The van der Waals surface area contributed by atoms with Crippen LogP contribution in [0.25, 0.3) is 0 Å². The predicted molar refractivity (Wildman–Crippen MR) is 116 cm³/mol. The molecular formula is C20H26ClN7O. The van der Waals surface area contributed by atoms with Gasteiger partial charge < -0.3 is 20.9 Å². The molecule has 0 bridgehead atoms. The molecule has 0 aromatic carbocycles. The van der Waals surface area contributed by atoms with Crippen molar-refractivity contribution in [1.82, 2.24) is 25.9 Å². The molecule has 3 N–H and O–H groups in total. The first-order chi connectivity index (χ1) is 14.2. The highest BCUT2D eigenvalue weighted by Gasteiger charge is 2.25. The summed E-state index contributed by atoms with van der Waals surface area (Å²) in [7, 11) is 0. The molecule has 1 aliphatic rings. The summed E-state index contributed by atoms with van der Waals surface area (Å²) in [5.41, 5.74) is 0.542. The average Bonchev–Trinajstić information content (AvgIpc) is 3.20. The van der Waals surface area contributed by atoms with Gasteiger partial charge in [-0.25, -0.2) is 4.98 Å². The predicted octanol–water partition coefficient (Wildman–Crippen LogP) is 1.69. The maximum atomic E-state index is 12.0. The number of halogens is 1. The van der Waals surface area contributed by atoms with Gasteiger partial charge in [0, 0.05) is 50.8 Å². The van der Waals surface area contributed by atoms with Gasteiger partial charge in [0.15, 0.2) is 5.96 Å². The summed E-state index contributed by atoms with van der Waals surface area (Å²) in [5, 5.41) is 10.2. The molecule has 0 saturated carbocycles. The van der Waals surface area contributed by atoms with Crippen LogP contribution in [0.3, 0.4) is 0 Å². The third-order valence-corrected chi connectivity index (χ3v) is 4.80. The lowest BCUT2D eigenvalue weighted by molar-refractivity contribution is 0.0954. The molecule has 1 unspecified atom stereocenters. The minimum Gasteiger partial charge on any atom is -0.357 e. The van der Waals surface area contributed by atoms with Crippen LogP contribution in [0.2, 0.25) is 5.02 Å². The second kappa shape index (κ2) is 10.6. The van der Waals surface area contributed by atoms with E-state index < -0.39 is 0 Å². The Kier molecular flexibility index (Phi) is 7.63. The average molecular weight is 416 g/mol. The van der Waals surface area contributed by atoms with E-state index in [0.717, 1.165) is 37.8 Å². The Balaban J connectivity index is 1.48. The molecule has 0 aliphatic carbocycles. The molecular weight excluding hydrogens is 390 g/mol. The van der Waals surface area contributed by atoms with E-state index >= 15 is 0 Å². The summed E-state index contributed by atoms with van der Waals surface area (Å²) in [6.07, 6.45) is 5.91. The summed E-state index contributed by atoms with van der Waals surface area (Å²) < 4.78 is 0. The normalized spacial score (nSPS) is 16.6. The fourth-order valence-electron chi connectivity index (χ4n) is 3.13. The van der Waals surface area contributed by atoms with E-state index in [2.05, 4.69) is 35.8 Å². The zero-order valence-corrected chi connectivity index (χ0v) is 17.2. The third-order valence-electron chi connectivity index (χ3n) is 4.50. The van der Waals surface area contributed by atoms with E-state index in [4.69, 9.17) is 11.6 Å². The lowest BCUT2D eigenvalue weighted by Crippen LogP contribution is -2.45.